The number of hydrogen-bond acceptors (Lipinski definition) is 4. The maximum absolute atomic E-state index is 12.3. The molecule has 0 aliphatic heterocycles. The second-order valence-electron chi connectivity index (χ2n) is 5.29. The molecule has 1 aliphatic rings. The summed E-state index contributed by atoms with van der Waals surface area (Å²) in [5.74, 6) is -0.888. The Morgan fingerprint density at radius 1 is 1.33 bits per heavy atom. The molecule has 0 radical (unpaired) electrons. The normalized spacial score (nSPS) is 21.6. The zero-order valence-corrected chi connectivity index (χ0v) is 11.7. The molecular weight excluding hydrogens is 272 g/mol. The lowest BCUT2D eigenvalue weighted by atomic mass is 9.85. The number of hydrogen-bond donors (Lipinski definition) is 3. The van der Waals surface area contributed by atoms with Gasteiger partial charge in [-0.2, -0.15) is 0 Å². The van der Waals surface area contributed by atoms with Gasteiger partial charge < -0.3 is 20.9 Å². The van der Waals surface area contributed by atoms with Crippen molar-refractivity contribution < 1.29 is 19.4 Å². The van der Waals surface area contributed by atoms with Gasteiger partial charge in [-0.05, 0) is 31.4 Å². The van der Waals surface area contributed by atoms with Crippen molar-refractivity contribution in [1.29, 1.82) is 0 Å². The highest BCUT2D eigenvalue weighted by Crippen LogP contribution is 2.28. The van der Waals surface area contributed by atoms with Crippen LogP contribution in [0.4, 0.5) is 5.69 Å². The molecule has 1 fully saturated rings. The molecule has 114 valence electrons. The summed E-state index contributed by atoms with van der Waals surface area (Å²) in [5.41, 5.74) is 6.39. The van der Waals surface area contributed by atoms with Crippen molar-refractivity contribution in [3.8, 4) is 5.75 Å². The van der Waals surface area contributed by atoms with Crippen LogP contribution in [0.1, 0.15) is 25.7 Å². The van der Waals surface area contributed by atoms with E-state index in [1.807, 2.05) is 0 Å². The van der Waals surface area contributed by atoms with E-state index in [4.69, 9.17) is 15.6 Å². The van der Waals surface area contributed by atoms with E-state index in [9.17, 15) is 9.59 Å². The zero-order chi connectivity index (χ0) is 15.2. The van der Waals surface area contributed by atoms with Crippen LogP contribution >= 0.6 is 0 Å². The second kappa shape index (κ2) is 7.08. The number of ether oxygens (including phenoxy) is 1. The predicted octanol–water partition coefficient (Wildman–Crippen LogP) is 1.61. The molecule has 0 saturated heterocycles. The fraction of sp³-hybridized carbons (Fsp3) is 0.467. The van der Waals surface area contributed by atoms with E-state index in [0.717, 1.165) is 19.3 Å². The Kier molecular flexibility index (Phi) is 5.16. The Balaban J connectivity index is 2.01. The van der Waals surface area contributed by atoms with Crippen LogP contribution in [0.15, 0.2) is 24.3 Å². The molecule has 0 bridgehead atoms. The first-order chi connectivity index (χ1) is 10.1. The molecule has 0 spiro atoms. The number of para-hydroxylation sites is 2. The van der Waals surface area contributed by atoms with Crippen molar-refractivity contribution in [3.05, 3.63) is 24.3 Å². The van der Waals surface area contributed by atoms with Crippen molar-refractivity contribution >= 4 is 17.6 Å². The molecule has 1 saturated carbocycles. The van der Waals surface area contributed by atoms with Crippen LogP contribution in [0, 0.1) is 5.92 Å². The Bertz CT molecular complexity index is 518. The van der Waals surface area contributed by atoms with Crippen molar-refractivity contribution in [2.24, 2.45) is 11.7 Å². The van der Waals surface area contributed by atoms with Gasteiger partial charge >= 0.3 is 5.97 Å². The first kappa shape index (κ1) is 15.3. The summed E-state index contributed by atoms with van der Waals surface area (Å²) in [6.45, 7) is -0.443. The van der Waals surface area contributed by atoms with E-state index in [1.165, 1.54) is 0 Å². The van der Waals surface area contributed by atoms with Crippen molar-refractivity contribution in [3.63, 3.8) is 0 Å². The molecule has 1 aliphatic carbocycles. The van der Waals surface area contributed by atoms with Gasteiger partial charge in [-0.25, -0.2) is 4.79 Å². The summed E-state index contributed by atoms with van der Waals surface area (Å²) in [6, 6.07) is 6.88. The summed E-state index contributed by atoms with van der Waals surface area (Å²) in [6.07, 6.45) is 3.43. The molecule has 0 heterocycles. The quantitative estimate of drug-likeness (QED) is 0.765. The predicted molar refractivity (Wildman–Crippen MR) is 78.1 cm³/mol. The van der Waals surface area contributed by atoms with E-state index >= 15 is 0 Å². The van der Waals surface area contributed by atoms with Crippen LogP contribution in [-0.4, -0.2) is 29.6 Å². The smallest absolute Gasteiger partial charge is 0.341 e. The zero-order valence-electron chi connectivity index (χ0n) is 11.7. The number of carbonyl (C=O) groups excluding carboxylic acids is 1. The van der Waals surface area contributed by atoms with E-state index in [-0.39, 0.29) is 17.9 Å². The summed E-state index contributed by atoms with van der Waals surface area (Å²) < 4.78 is 5.17. The Labute approximate surface area is 123 Å². The van der Waals surface area contributed by atoms with Gasteiger partial charge in [-0.3, -0.25) is 4.79 Å². The lowest BCUT2D eigenvalue weighted by Gasteiger charge is -2.25. The first-order valence-electron chi connectivity index (χ1n) is 7.06. The van der Waals surface area contributed by atoms with E-state index in [2.05, 4.69) is 5.32 Å². The molecule has 1 amide bonds. The Hall–Kier alpha value is -2.08. The van der Waals surface area contributed by atoms with Gasteiger partial charge in [-0.1, -0.05) is 18.6 Å². The van der Waals surface area contributed by atoms with Gasteiger partial charge in [0.15, 0.2) is 6.61 Å². The number of carboxylic acid groups (broad SMARTS) is 1. The minimum atomic E-state index is -1.06. The molecule has 2 unspecified atom stereocenters. The molecule has 1 aromatic rings. The molecule has 1 aromatic carbocycles. The standard InChI is InChI=1S/C15H20N2O4/c16-11-5-3-4-10(8-11)15(20)17-12-6-1-2-7-13(12)21-9-14(18)19/h1-2,6-7,10-11H,3-5,8-9,16H2,(H,17,20)(H,18,19). The van der Waals surface area contributed by atoms with Crippen LogP contribution in [0.3, 0.4) is 0 Å². The number of amides is 1. The maximum atomic E-state index is 12.3. The van der Waals surface area contributed by atoms with Crippen molar-refractivity contribution in [2.75, 3.05) is 11.9 Å². The van der Waals surface area contributed by atoms with Crippen molar-refractivity contribution in [1.82, 2.24) is 0 Å². The van der Waals surface area contributed by atoms with Crippen LogP contribution in [0.25, 0.3) is 0 Å². The first-order valence-corrected chi connectivity index (χ1v) is 7.06. The highest BCUT2D eigenvalue weighted by atomic mass is 16.5. The fourth-order valence-corrected chi connectivity index (χ4v) is 2.54. The maximum Gasteiger partial charge on any atom is 0.341 e. The van der Waals surface area contributed by atoms with E-state index < -0.39 is 12.6 Å². The number of nitrogens with two attached hydrogens (primary N) is 1. The number of carbonyl (C=O) groups is 2. The number of rotatable bonds is 5. The van der Waals surface area contributed by atoms with Crippen LogP contribution in [0.2, 0.25) is 0 Å². The molecular formula is C15H20N2O4. The van der Waals surface area contributed by atoms with Gasteiger partial charge in [-0.15, -0.1) is 0 Å². The van der Waals surface area contributed by atoms with Crippen molar-refractivity contribution in [2.45, 2.75) is 31.7 Å². The van der Waals surface area contributed by atoms with E-state index in [1.54, 1.807) is 24.3 Å². The number of nitrogens with one attached hydrogen (secondary N) is 1. The molecule has 4 N–H and O–H groups in total. The van der Waals surface area contributed by atoms with Gasteiger partial charge in [0.1, 0.15) is 5.75 Å². The average Bonchev–Trinajstić information content (AvgIpc) is 2.46. The van der Waals surface area contributed by atoms with Crippen LogP contribution < -0.4 is 15.8 Å². The molecule has 6 nitrogen and oxygen atoms in total. The lowest BCUT2D eigenvalue weighted by Crippen LogP contribution is -2.34. The molecule has 0 aromatic heterocycles. The molecule has 2 rings (SSSR count). The van der Waals surface area contributed by atoms with Crippen LogP contribution in [-0.2, 0) is 9.59 Å². The molecule has 21 heavy (non-hydrogen) atoms. The minimum absolute atomic E-state index is 0.0769. The summed E-state index contributed by atoms with van der Waals surface area (Å²) in [4.78, 5) is 22.8. The third kappa shape index (κ3) is 4.46. The summed E-state index contributed by atoms with van der Waals surface area (Å²) in [7, 11) is 0. The van der Waals surface area contributed by atoms with Gasteiger partial charge in [0.25, 0.3) is 0 Å². The highest BCUT2D eigenvalue weighted by molar-refractivity contribution is 5.94. The number of carboxylic acids is 1. The molecule has 6 heteroatoms. The Morgan fingerprint density at radius 3 is 2.81 bits per heavy atom. The third-order valence-corrected chi connectivity index (χ3v) is 3.58. The van der Waals surface area contributed by atoms with Gasteiger partial charge in [0, 0.05) is 12.0 Å². The average molecular weight is 292 g/mol. The SMILES string of the molecule is NC1CCCC(C(=O)Nc2ccccc2OCC(=O)O)C1. The Morgan fingerprint density at radius 2 is 2.10 bits per heavy atom. The molecule has 2 atom stereocenters. The van der Waals surface area contributed by atoms with Crippen LogP contribution in [0.5, 0.6) is 5.75 Å². The summed E-state index contributed by atoms with van der Waals surface area (Å²) in [5, 5.41) is 11.5. The van der Waals surface area contributed by atoms with E-state index in [0.29, 0.717) is 17.9 Å². The van der Waals surface area contributed by atoms with Gasteiger partial charge in [0.05, 0.1) is 5.69 Å². The minimum Gasteiger partial charge on any atom is -0.480 e. The summed E-state index contributed by atoms with van der Waals surface area (Å²) >= 11 is 0. The number of aliphatic carboxylic acids is 1. The topological polar surface area (TPSA) is 102 Å². The monoisotopic (exact) mass is 292 g/mol. The van der Waals surface area contributed by atoms with Gasteiger partial charge in [0.2, 0.25) is 5.91 Å². The second-order valence-corrected chi connectivity index (χ2v) is 5.29. The number of anilines is 1. The largest absolute Gasteiger partial charge is 0.480 e. The fourth-order valence-electron chi connectivity index (χ4n) is 2.54. The lowest BCUT2D eigenvalue weighted by molar-refractivity contribution is -0.139. The number of benzene rings is 1. The highest BCUT2D eigenvalue weighted by Gasteiger charge is 2.25. The third-order valence-electron chi connectivity index (χ3n) is 3.58.